The van der Waals surface area contributed by atoms with Crippen LogP contribution in [0.2, 0.25) is 19.1 Å². The maximum atomic E-state index is 13.4. The van der Waals surface area contributed by atoms with E-state index in [0.29, 0.717) is 46.2 Å². The number of likely N-dealkylation sites (tertiary alicyclic amines) is 1. The highest BCUT2D eigenvalue weighted by Crippen LogP contribution is 2.36. The van der Waals surface area contributed by atoms with E-state index in [9.17, 15) is 9.18 Å². The number of nitrogens with one attached hydrogen (secondary N) is 2. The standard InChI is InChI=1S/C34H45FN6O4SSi/c1-5-6-16-47(3,4)45-15-14-41-12-10-24(11-13-41)22-44-31-20-29-28(19-30(31)43-2)33(38-23-37-29)40-34-36-21-27(46-34)18-32(42)39-26-9-7-8-25(35)17-26/h7-9,17,19-21,23-24H,5-6,10-16,18,22H2,1-4H3,(H,39,42)(H,36,37,38,40). The van der Waals surface area contributed by atoms with Gasteiger partial charge in [-0.05, 0) is 75.3 Å². The van der Waals surface area contributed by atoms with Gasteiger partial charge in [0.2, 0.25) is 5.91 Å². The van der Waals surface area contributed by atoms with Gasteiger partial charge in [0, 0.05) is 41.4 Å². The summed E-state index contributed by atoms with van der Waals surface area (Å²) in [5.74, 6) is 1.64. The minimum Gasteiger partial charge on any atom is -0.493 e. The lowest BCUT2D eigenvalue weighted by Gasteiger charge is -2.33. The first-order chi connectivity index (χ1) is 22.7. The summed E-state index contributed by atoms with van der Waals surface area (Å²) in [5, 5.41) is 7.30. The largest absolute Gasteiger partial charge is 0.493 e. The van der Waals surface area contributed by atoms with Crippen LogP contribution in [0.3, 0.4) is 0 Å². The van der Waals surface area contributed by atoms with E-state index in [0.717, 1.165) is 49.3 Å². The lowest BCUT2D eigenvalue weighted by atomic mass is 9.98. The number of anilines is 3. The Balaban J connectivity index is 1.13. The fourth-order valence-electron chi connectivity index (χ4n) is 5.62. The minimum atomic E-state index is -1.54. The van der Waals surface area contributed by atoms with Crippen LogP contribution in [0.4, 0.5) is 21.0 Å². The summed E-state index contributed by atoms with van der Waals surface area (Å²) < 4.78 is 31.8. The number of thiazole rings is 1. The van der Waals surface area contributed by atoms with Gasteiger partial charge in [-0.15, -0.1) is 11.3 Å². The molecular formula is C34H45FN6O4SSi. The molecule has 1 aliphatic heterocycles. The van der Waals surface area contributed by atoms with Gasteiger partial charge in [-0.2, -0.15) is 0 Å². The summed E-state index contributed by atoms with van der Waals surface area (Å²) in [7, 11) is 0.0864. The summed E-state index contributed by atoms with van der Waals surface area (Å²) in [6.45, 7) is 11.5. The Morgan fingerprint density at radius 3 is 2.72 bits per heavy atom. The molecule has 0 atom stereocenters. The minimum absolute atomic E-state index is 0.112. The van der Waals surface area contributed by atoms with Crippen molar-refractivity contribution < 1.29 is 23.1 Å². The number of aromatic nitrogens is 3. The van der Waals surface area contributed by atoms with Crippen LogP contribution in [0.1, 0.15) is 37.5 Å². The Morgan fingerprint density at radius 1 is 1.13 bits per heavy atom. The van der Waals surface area contributed by atoms with Gasteiger partial charge in [0.15, 0.2) is 24.9 Å². The zero-order valence-corrected chi connectivity index (χ0v) is 29.5. The van der Waals surface area contributed by atoms with Gasteiger partial charge in [-0.25, -0.2) is 19.3 Å². The highest BCUT2D eigenvalue weighted by Gasteiger charge is 2.24. The van der Waals surface area contributed by atoms with E-state index in [4.69, 9.17) is 13.9 Å². The van der Waals surface area contributed by atoms with Crippen LogP contribution < -0.4 is 20.1 Å². The summed E-state index contributed by atoms with van der Waals surface area (Å²) in [5.41, 5.74) is 1.12. The van der Waals surface area contributed by atoms with Crippen LogP contribution in [-0.2, 0) is 15.6 Å². The summed E-state index contributed by atoms with van der Waals surface area (Å²) >= 11 is 1.34. The van der Waals surface area contributed by atoms with Crippen molar-refractivity contribution in [2.24, 2.45) is 5.92 Å². The Kier molecular flexibility index (Phi) is 12.1. The zero-order chi connectivity index (χ0) is 33.2. The van der Waals surface area contributed by atoms with Crippen molar-refractivity contribution in [2.75, 3.05) is 50.6 Å². The fraction of sp³-hybridized carbons (Fsp3) is 0.471. The molecule has 13 heteroatoms. The molecule has 252 valence electrons. The van der Waals surface area contributed by atoms with Crippen LogP contribution in [-0.4, -0.2) is 74.0 Å². The zero-order valence-electron chi connectivity index (χ0n) is 27.7. The third-order valence-electron chi connectivity index (χ3n) is 8.36. The number of benzene rings is 2. The molecule has 2 N–H and O–H groups in total. The van der Waals surface area contributed by atoms with E-state index < -0.39 is 14.1 Å². The molecule has 0 spiro atoms. The Bertz CT molecular complexity index is 1630. The first-order valence-electron chi connectivity index (χ1n) is 16.3. The van der Waals surface area contributed by atoms with Crippen LogP contribution in [0.5, 0.6) is 11.5 Å². The third-order valence-corrected chi connectivity index (χ3v) is 11.8. The lowest BCUT2D eigenvalue weighted by molar-refractivity contribution is -0.115. The summed E-state index contributed by atoms with van der Waals surface area (Å²) in [6.07, 6.45) is 7.91. The van der Waals surface area contributed by atoms with E-state index in [2.05, 4.69) is 50.5 Å². The smallest absolute Gasteiger partial charge is 0.229 e. The van der Waals surface area contributed by atoms with Gasteiger partial charge in [-0.3, -0.25) is 4.79 Å². The predicted octanol–water partition coefficient (Wildman–Crippen LogP) is 7.27. The molecule has 1 saturated heterocycles. The molecule has 0 bridgehead atoms. The summed E-state index contributed by atoms with van der Waals surface area (Å²) in [4.78, 5) is 29.1. The number of ether oxygens (including phenoxy) is 2. The maximum absolute atomic E-state index is 13.4. The average molecular weight is 681 g/mol. The van der Waals surface area contributed by atoms with Gasteiger partial charge in [0.1, 0.15) is 18.0 Å². The fourth-order valence-corrected chi connectivity index (χ4v) is 8.43. The maximum Gasteiger partial charge on any atom is 0.229 e. The van der Waals surface area contributed by atoms with Gasteiger partial charge >= 0.3 is 0 Å². The summed E-state index contributed by atoms with van der Waals surface area (Å²) in [6, 6.07) is 10.8. The van der Waals surface area contributed by atoms with Gasteiger partial charge in [-0.1, -0.05) is 25.8 Å². The second kappa shape index (κ2) is 16.4. The van der Waals surface area contributed by atoms with E-state index >= 15 is 0 Å². The molecule has 1 aliphatic rings. The van der Waals surface area contributed by atoms with E-state index in [1.54, 1.807) is 25.4 Å². The molecule has 2 aromatic heterocycles. The number of nitrogens with zero attached hydrogens (tertiary/aromatic N) is 4. The highest BCUT2D eigenvalue weighted by atomic mass is 32.1. The first-order valence-corrected chi connectivity index (χ1v) is 20.2. The monoisotopic (exact) mass is 680 g/mol. The number of amides is 1. The Labute approximate surface area is 281 Å². The topological polar surface area (TPSA) is 111 Å². The van der Waals surface area contributed by atoms with Gasteiger partial charge in [0.05, 0.1) is 25.7 Å². The molecular weight excluding hydrogens is 636 g/mol. The number of carbonyl (C=O) groups excluding carboxylic acids is 1. The Morgan fingerprint density at radius 2 is 1.96 bits per heavy atom. The Hall–Kier alpha value is -3.65. The molecule has 47 heavy (non-hydrogen) atoms. The lowest BCUT2D eigenvalue weighted by Crippen LogP contribution is -2.39. The predicted molar refractivity (Wildman–Crippen MR) is 188 cm³/mol. The van der Waals surface area contributed by atoms with Crippen molar-refractivity contribution in [1.82, 2.24) is 19.9 Å². The number of hydrogen-bond acceptors (Lipinski definition) is 10. The number of unbranched alkanes of at least 4 members (excludes halogenated alkanes) is 1. The second-order valence-corrected chi connectivity index (χ2v) is 18.0. The van der Waals surface area contributed by atoms with Gasteiger partial charge < -0.3 is 29.4 Å². The van der Waals surface area contributed by atoms with E-state index in [1.807, 2.05) is 12.1 Å². The number of hydrogen-bond donors (Lipinski definition) is 2. The molecule has 0 aliphatic carbocycles. The second-order valence-electron chi connectivity index (χ2n) is 12.5. The van der Waals surface area contributed by atoms with E-state index in [1.165, 1.54) is 48.7 Å². The number of rotatable bonds is 16. The molecule has 5 rings (SSSR count). The first kappa shape index (κ1) is 34.7. The van der Waals surface area contributed by atoms with Crippen LogP contribution >= 0.6 is 11.3 Å². The van der Waals surface area contributed by atoms with Gasteiger partial charge in [0.25, 0.3) is 0 Å². The molecule has 1 amide bonds. The van der Waals surface area contributed by atoms with Crippen LogP contribution in [0.15, 0.2) is 48.9 Å². The molecule has 1 fully saturated rings. The van der Waals surface area contributed by atoms with Crippen molar-refractivity contribution in [3.63, 3.8) is 0 Å². The molecule has 0 unspecified atom stereocenters. The molecule has 0 saturated carbocycles. The van der Waals surface area contributed by atoms with Crippen molar-refractivity contribution in [3.8, 4) is 11.5 Å². The third kappa shape index (κ3) is 10.2. The number of piperidine rings is 1. The number of carbonyl (C=O) groups is 1. The molecule has 4 aromatic rings. The molecule has 0 radical (unpaired) electrons. The SMILES string of the molecule is CCCC[Si](C)(C)OCCN1CCC(COc2cc3ncnc(Nc4ncc(CC(=O)Nc5cccc(F)c5)s4)c3cc2OC)CC1. The quantitative estimate of drug-likeness (QED) is 0.118. The number of halogens is 1. The van der Waals surface area contributed by atoms with Crippen molar-refractivity contribution in [3.05, 3.63) is 59.6 Å². The van der Waals surface area contributed by atoms with Crippen LogP contribution in [0.25, 0.3) is 10.9 Å². The average Bonchev–Trinajstić information content (AvgIpc) is 3.49. The van der Waals surface area contributed by atoms with Crippen molar-refractivity contribution >= 4 is 53.1 Å². The number of fused-ring (bicyclic) bond motifs is 1. The van der Waals surface area contributed by atoms with E-state index in [-0.39, 0.29) is 12.3 Å². The van der Waals surface area contributed by atoms with Crippen molar-refractivity contribution in [1.29, 1.82) is 0 Å². The normalized spacial score (nSPS) is 14.3. The molecule has 3 heterocycles. The highest BCUT2D eigenvalue weighted by molar-refractivity contribution is 7.15. The number of methoxy groups -OCH3 is 1. The van der Waals surface area contributed by atoms with Crippen molar-refractivity contribution in [2.45, 2.75) is 58.2 Å². The molecule has 10 nitrogen and oxygen atoms in total. The van der Waals surface area contributed by atoms with Crippen LogP contribution in [0, 0.1) is 11.7 Å². The molecule has 2 aromatic carbocycles.